The Morgan fingerprint density at radius 1 is 0.865 bits per heavy atom. The molecule has 37 heavy (non-hydrogen) atoms. The molecule has 0 aliphatic carbocycles. The Kier molecular flexibility index (Phi) is 6.69. The molecular weight excluding hydrogens is 481 g/mol. The van der Waals surface area contributed by atoms with E-state index in [0.29, 0.717) is 11.3 Å². The normalized spacial score (nSPS) is 18.2. The van der Waals surface area contributed by atoms with Crippen LogP contribution in [0.5, 0.6) is 11.5 Å². The molecule has 192 valence electrons. The number of benzene rings is 3. The summed E-state index contributed by atoms with van der Waals surface area (Å²) in [6, 6.07) is 19.8. The first kappa shape index (κ1) is 24.9. The number of nitrogens with zero attached hydrogens (tertiary/aromatic N) is 2. The van der Waals surface area contributed by atoms with E-state index in [1.165, 1.54) is 12.1 Å². The molecular formula is C29H27F3N2O3. The smallest absolute Gasteiger partial charge is 0.495 e. The van der Waals surface area contributed by atoms with E-state index in [-0.39, 0.29) is 18.0 Å². The number of fused-ring (bicyclic) bond motifs is 1. The molecule has 2 heterocycles. The third-order valence-electron chi connectivity index (χ3n) is 6.41. The van der Waals surface area contributed by atoms with E-state index >= 15 is 0 Å². The van der Waals surface area contributed by atoms with E-state index in [1.807, 2.05) is 18.2 Å². The predicted octanol–water partition coefficient (Wildman–Crippen LogP) is 7.09. The minimum absolute atomic E-state index is 0.177. The maximum atomic E-state index is 12.5. The van der Waals surface area contributed by atoms with Gasteiger partial charge in [0.1, 0.15) is 11.5 Å². The van der Waals surface area contributed by atoms with Crippen molar-refractivity contribution in [3.63, 3.8) is 0 Å². The summed E-state index contributed by atoms with van der Waals surface area (Å²) in [6.07, 6.45) is -2.60. The van der Waals surface area contributed by atoms with E-state index in [0.717, 1.165) is 46.4 Å². The number of halogens is 3. The van der Waals surface area contributed by atoms with Gasteiger partial charge in [-0.1, -0.05) is 36.4 Å². The summed E-state index contributed by atoms with van der Waals surface area (Å²) in [5.74, 6) is 0.416. The molecule has 1 aliphatic rings. The van der Waals surface area contributed by atoms with Gasteiger partial charge in [-0.2, -0.15) is 0 Å². The number of alkyl halides is 3. The molecule has 1 aromatic heterocycles. The van der Waals surface area contributed by atoms with Crippen LogP contribution in [0, 0.1) is 0 Å². The second kappa shape index (κ2) is 9.94. The molecule has 3 aromatic carbocycles. The lowest BCUT2D eigenvalue weighted by molar-refractivity contribution is -0.274. The number of methoxy groups -OCH3 is 1. The number of pyridine rings is 1. The topological polar surface area (TPSA) is 43.8 Å². The number of ether oxygens (including phenoxy) is 3. The molecule has 8 heteroatoms. The van der Waals surface area contributed by atoms with Crippen molar-refractivity contribution in [2.45, 2.75) is 32.4 Å². The number of rotatable bonds is 5. The second-order valence-electron chi connectivity index (χ2n) is 9.19. The number of aromatic nitrogens is 1. The highest BCUT2D eigenvalue weighted by Crippen LogP contribution is 2.39. The monoisotopic (exact) mass is 508 g/mol. The van der Waals surface area contributed by atoms with E-state index in [4.69, 9.17) is 14.5 Å². The molecule has 5 nitrogen and oxygen atoms in total. The molecule has 0 saturated carbocycles. The Labute approximate surface area is 213 Å². The third kappa shape index (κ3) is 5.34. The maximum absolute atomic E-state index is 12.5. The minimum Gasteiger partial charge on any atom is -0.495 e. The fourth-order valence-electron chi connectivity index (χ4n) is 4.93. The minimum atomic E-state index is -4.73. The van der Waals surface area contributed by atoms with Crippen molar-refractivity contribution in [1.82, 2.24) is 4.98 Å². The van der Waals surface area contributed by atoms with Gasteiger partial charge in [-0.05, 0) is 55.3 Å². The summed E-state index contributed by atoms with van der Waals surface area (Å²) in [4.78, 5) is 7.07. The zero-order chi connectivity index (χ0) is 26.2. The van der Waals surface area contributed by atoms with Gasteiger partial charge >= 0.3 is 6.36 Å². The van der Waals surface area contributed by atoms with Crippen molar-refractivity contribution < 1.29 is 27.4 Å². The van der Waals surface area contributed by atoms with E-state index in [9.17, 15) is 13.2 Å². The summed E-state index contributed by atoms with van der Waals surface area (Å²) in [6.45, 7) is 5.86. The molecule has 2 atom stereocenters. The van der Waals surface area contributed by atoms with Gasteiger partial charge in [-0.15, -0.1) is 13.2 Å². The van der Waals surface area contributed by atoms with Crippen LogP contribution in [0.4, 0.5) is 18.9 Å². The SMILES string of the molecule is COc1c(-c2ccc(N3CC(C)OC(C)C3)cc2)cnc2c(-c3ccc(OC(F)(F)F)cc3)cccc12. The van der Waals surface area contributed by atoms with Crippen LogP contribution in [-0.2, 0) is 4.74 Å². The predicted molar refractivity (Wildman–Crippen MR) is 138 cm³/mol. The molecule has 1 fully saturated rings. The van der Waals surface area contributed by atoms with Crippen LogP contribution in [0.3, 0.4) is 0 Å². The van der Waals surface area contributed by atoms with Gasteiger partial charge in [0.2, 0.25) is 0 Å². The van der Waals surface area contributed by atoms with Gasteiger partial charge in [0, 0.05) is 41.5 Å². The summed E-state index contributed by atoms with van der Waals surface area (Å²) in [7, 11) is 1.62. The first-order valence-electron chi connectivity index (χ1n) is 12.0. The molecule has 5 rings (SSSR count). The molecule has 0 amide bonds. The average molecular weight is 509 g/mol. The van der Waals surface area contributed by atoms with Crippen molar-refractivity contribution in [1.29, 1.82) is 0 Å². The molecule has 1 aliphatic heterocycles. The lowest BCUT2D eigenvalue weighted by Gasteiger charge is -2.36. The van der Waals surface area contributed by atoms with E-state index < -0.39 is 6.36 Å². The first-order valence-corrected chi connectivity index (χ1v) is 12.0. The molecule has 0 N–H and O–H groups in total. The highest BCUT2D eigenvalue weighted by molar-refractivity contribution is 6.00. The van der Waals surface area contributed by atoms with Crippen LogP contribution in [0.25, 0.3) is 33.2 Å². The largest absolute Gasteiger partial charge is 0.573 e. The Bertz CT molecular complexity index is 1380. The van der Waals surface area contributed by atoms with Gasteiger partial charge in [-0.25, -0.2) is 0 Å². The van der Waals surface area contributed by atoms with Crippen molar-refractivity contribution in [3.05, 3.63) is 72.9 Å². The van der Waals surface area contributed by atoms with Gasteiger partial charge in [0.15, 0.2) is 0 Å². The average Bonchev–Trinajstić information content (AvgIpc) is 2.87. The number of hydrogen-bond acceptors (Lipinski definition) is 5. The quantitative estimate of drug-likeness (QED) is 0.288. The van der Waals surface area contributed by atoms with Gasteiger partial charge in [-0.3, -0.25) is 4.98 Å². The molecule has 0 radical (unpaired) electrons. The van der Waals surface area contributed by atoms with Crippen molar-refractivity contribution in [2.24, 2.45) is 0 Å². The lowest BCUT2D eigenvalue weighted by atomic mass is 9.98. The fraction of sp³-hybridized carbons (Fsp3) is 0.276. The summed E-state index contributed by atoms with van der Waals surface area (Å²) in [5, 5.41) is 0.813. The molecule has 2 unspecified atom stereocenters. The first-order chi connectivity index (χ1) is 17.7. The number of para-hydroxylation sites is 1. The Morgan fingerprint density at radius 3 is 2.11 bits per heavy atom. The second-order valence-corrected chi connectivity index (χ2v) is 9.19. The number of anilines is 1. The molecule has 1 saturated heterocycles. The summed E-state index contributed by atoms with van der Waals surface area (Å²) < 4.78 is 53.3. The maximum Gasteiger partial charge on any atom is 0.573 e. The van der Waals surface area contributed by atoms with Crippen LogP contribution in [0.1, 0.15) is 13.8 Å². The number of morpholine rings is 1. The molecule has 0 spiro atoms. The van der Waals surface area contributed by atoms with Gasteiger partial charge in [0.25, 0.3) is 0 Å². The molecule has 4 aromatic rings. The molecule has 0 bridgehead atoms. The fourth-order valence-corrected chi connectivity index (χ4v) is 4.93. The highest BCUT2D eigenvalue weighted by atomic mass is 19.4. The lowest BCUT2D eigenvalue weighted by Crippen LogP contribution is -2.45. The zero-order valence-corrected chi connectivity index (χ0v) is 20.8. The zero-order valence-electron chi connectivity index (χ0n) is 20.8. The van der Waals surface area contributed by atoms with E-state index in [1.54, 1.807) is 25.4 Å². The van der Waals surface area contributed by atoms with Gasteiger partial charge < -0.3 is 19.1 Å². The van der Waals surface area contributed by atoms with Crippen molar-refractivity contribution >= 4 is 16.6 Å². The van der Waals surface area contributed by atoms with Crippen LogP contribution in [0.15, 0.2) is 72.9 Å². The van der Waals surface area contributed by atoms with E-state index in [2.05, 4.69) is 47.7 Å². The number of hydrogen-bond donors (Lipinski definition) is 0. The van der Waals surface area contributed by atoms with Gasteiger partial charge in [0.05, 0.1) is 24.8 Å². The van der Waals surface area contributed by atoms with Crippen LogP contribution < -0.4 is 14.4 Å². The standard InChI is InChI=1S/C29H27F3N2O3/c1-18-16-34(17-19(2)36-18)22-11-7-21(8-12-22)26-15-33-27-24(5-4-6-25(27)28(26)35-3)20-9-13-23(14-10-20)37-29(30,31)32/h4-15,18-19H,16-17H2,1-3H3. The summed E-state index contributed by atoms with van der Waals surface area (Å²) >= 11 is 0. The summed E-state index contributed by atoms with van der Waals surface area (Å²) in [5.41, 5.74) is 5.17. The van der Waals surface area contributed by atoms with Crippen LogP contribution >= 0.6 is 0 Å². The van der Waals surface area contributed by atoms with Crippen molar-refractivity contribution in [3.8, 4) is 33.8 Å². The van der Waals surface area contributed by atoms with Crippen molar-refractivity contribution in [2.75, 3.05) is 25.1 Å². The Morgan fingerprint density at radius 2 is 1.49 bits per heavy atom. The Balaban J connectivity index is 1.48. The van der Waals surface area contributed by atoms with Crippen LogP contribution in [-0.4, -0.2) is 43.8 Å². The van der Waals surface area contributed by atoms with Crippen LogP contribution in [0.2, 0.25) is 0 Å². The highest BCUT2D eigenvalue weighted by Gasteiger charge is 2.31. The Hall–Kier alpha value is -3.78. The third-order valence-corrected chi connectivity index (χ3v) is 6.41.